The van der Waals surface area contributed by atoms with Crippen LogP contribution in [-0.2, 0) is 4.79 Å². The number of nitrogens with one attached hydrogen (secondary N) is 2. The van der Waals surface area contributed by atoms with Crippen LogP contribution in [0.25, 0.3) is 5.57 Å². The number of urea groups is 1. The summed E-state index contributed by atoms with van der Waals surface area (Å²) in [5.41, 5.74) is 3.66. The summed E-state index contributed by atoms with van der Waals surface area (Å²) in [7, 11) is 0. The SMILES string of the molecule is O=C(O)CCCC=C(c1cccnc1)c1cccc(NC(=O)Nc2cccc(Cl)c2Cl)c1. The fraction of sp³-hybridized carbons (Fsp3) is 0.125. The van der Waals surface area contributed by atoms with E-state index >= 15 is 0 Å². The second kappa shape index (κ2) is 11.3. The second-order valence-electron chi connectivity index (χ2n) is 6.91. The van der Waals surface area contributed by atoms with E-state index in [1.54, 1.807) is 36.7 Å². The minimum absolute atomic E-state index is 0.102. The van der Waals surface area contributed by atoms with E-state index in [9.17, 15) is 9.59 Å². The third kappa shape index (κ3) is 6.57. The van der Waals surface area contributed by atoms with E-state index in [-0.39, 0.29) is 11.4 Å². The Hall–Kier alpha value is -3.35. The van der Waals surface area contributed by atoms with Crippen LogP contribution in [0.1, 0.15) is 30.4 Å². The van der Waals surface area contributed by atoms with Crippen LogP contribution >= 0.6 is 23.2 Å². The molecule has 6 nitrogen and oxygen atoms in total. The van der Waals surface area contributed by atoms with Crippen LogP contribution in [0.15, 0.2) is 73.1 Å². The second-order valence-corrected chi connectivity index (χ2v) is 7.69. The smallest absolute Gasteiger partial charge is 0.323 e. The molecule has 0 aliphatic rings. The van der Waals surface area contributed by atoms with Gasteiger partial charge < -0.3 is 15.7 Å². The number of allylic oxidation sites excluding steroid dienone is 1. The number of benzene rings is 2. The number of aliphatic carboxylic acids is 1. The van der Waals surface area contributed by atoms with Crippen LogP contribution in [-0.4, -0.2) is 22.1 Å². The van der Waals surface area contributed by atoms with Gasteiger partial charge >= 0.3 is 12.0 Å². The number of carboxylic acids is 1. The summed E-state index contributed by atoms with van der Waals surface area (Å²) in [6.07, 6.45) is 6.66. The van der Waals surface area contributed by atoms with Crippen molar-refractivity contribution in [1.29, 1.82) is 0 Å². The molecule has 0 spiro atoms. The Morgan fingerprint density at radius 1 is 1.00 bits per heavy atom. The highest BCUT2D eigenvalue weighted by Crippen LogP contribution is 2.30. The quantitative estimate of drug-likeness (QED) is 0.319. The van der Waals surface area contributed by atoms with Gasteiger partial charge in [-0.1, -0.05) is 53.5 Å². The maximum atomic E-state index is 12.5. The van der Waals surface area contributed by atoms with Gasteiger partial charge in [0.1, 0.15) is 0 Å². The summed E-state index contributed by atoms with van der Waals surface area (Å²) >= 11 is 12.1. The lowest BCUT2D eigenvalue weighted by atomic mass is 9.97. The van der Waals surface area contributed by atoms with Gasteiger partial charge in [-0.15, -0.1) is 0 Å². The van der Waals surface area contributed by atoms with Gasteiger partial charge in [0.2, 0.25) is 0 Å². The summed E-state index contributed by atoms with van der Waals surface area (Å²) in [5.74, 6) is -0.821. The molecule has 32 heavy (non-hydrogen) atoms. The molecular formula is C24H21Cl2N3O3. The third-order valence-corrected chi connectivity index (χ3v) is 5.37. The molecule has 2 amide bonds. The zero-order chi connectivity index (χ0) is 22.9. The number of amides is 2. The van der Waals surface area contributed by atoms with E-state index in [2.05, 4.69) is 15.6 Å². The first kappa shape index (κ1) is 23.3. The lowest BCUT2D eigenvalue weighted by Crippen LogP contribution is -2.19. The summed E-state index contributed by atoms with van der Waals surface area (Å²) in [4.78, 5) is 27.5. The van der Waals surface area contributed by atoms with E-state index in [4.69, 9.17) is 28.3 Å². The maximum Gasteiger partial charge on any atom is 0.323 e. The molecule has 3 rings (SSSR count). The number of carbonyl (C=O) groups excluding carboxylic acids is 1. The molecule has 0 saturated carbocycles. The normalized spacial score (nSPS) is 11.1. The van der Waals surface area contributed by atoms with Crippen LogP contribution in [0.3, 0.4) is 0 Å². The van der Waals surface area contributed by atoms with Gasteiger partial charge in [0.15, 0.2) is 0 Å². The van der Waals surface area contributed by atoms with E-state index in [1.807, 2.05) is 36.4 Å². The van der Waals surface area contributed by atoms with Crippen LogP contribution in [0.5, 0.6) is 0 Å². The van der Waals surface area contributed by atoms with Gasteiger partial charge in [-0.25, -0.2) is 4.79 Å². The Bertz CT molecular complexity index is 1130. The monoisotopic (exact) mass is 469 g/mol. The van der Waals surface area contributed by atoms with Crippen molar-refractivity contribution in [3.63, 3.8) is 0 Å². The number of aromatic nitrogens is 1. The number of unbranched alkanes of at least 4 members (excludes halogenated alkanes) is 1. The van der Waals surface area contributed by atoms with Crippen molar-refractivity contribution in [2.45, 2.75) is 19.3 Å². The number of carboxylic acid groups (broad SMARTS) is 1. The molecule has 0 unspecified atom stereocenters. The predicted octanol–water partition coefficient (Wildman–Crippen LogP) is 6.72. The molecule has 3 aromatic rings. The van der Waals surface area contributed by atoms with Crippen molar-refractivity contribution in [3.05, 3.63) is 94.2 Å². The molecule has 0 aliphatic heterocycles. The highest BCUT2D eigenvalue weighted by Gasteiger charge is 2.10. The minimum Gasteiger partial charge on any atom is -0.481 e. The molecular weight excluding hydrogens is 449 g/mol. The van der Waals surface area contributed by atoms with Crippen molar-refractivity contribution < 1.29 is 14.7 Å². The van der Waals surface area contributed by atoms with Gasteiger partial charge in [0, 0.05) is 30.1 Å². The lowest BCUT2D eigenvalue weighted by molar-refractivity contribution is -0.137. The Morgan fingerprint density at radius 3 is 2.53 bits per heavy atom. The van der Waals surface area contributed by atoms with E-state index < -0.39 is 12.0 Å². The molecule has 3 N–H and O–H groups in total. The fourth-order valence-corrected chi connectivity index (χ4v) is 3.42. The summed E-state index contributed by atoms with van der Waals surface area (Å²) in [5, 5.41) is 15.0. The molecule has 0 saturated heterocycles. The Kier molecular flexibility index (Phi) is 8.25. The van der Waals surface area contributed by atoms with Crippen molar-refractivity contribution >= 4 is 52.2 Å². The molecule has 1 heterocycles. The zero-order valence-corrected chi connectivity index (χ0v) is 18.5. The van der Waals surface area contributed by atoms with Gasteiger partial charge in [0.25, 0.3) is 0 Å². The first-order chi connectivity index (χ1) is 15.4. The van der Waals surface area contributed by atoms with Gasteiger partial charge in [-0.05, 0) is 54.3 Å². The van der Waals surface area contributed by atoms with Gasteiger partial charge in [0.05, 0.1) is 15.7 Å². The standard InChI is InChI=1S/C24H21Cl2N3O3/c25-20-10-4-11-21(23(20)26)29-24(32)28-18-8-3-6-16(14-18)19(9-1-2-12-22(30)31)17-7-5-13-27-15-17/h3-11,13-15H,1-2,12H2,(H,30,31)(H2,28,29,32). The number of rotatable bonds is 8. The largest absolute Gasteiger partial charge is 0.481 e. The molecule has 2 aromatic carbocycles. The number of anilines is 2. The average molecular weight is 470 g/mol. The molecule has 8 heteroatoms. The zero-order valence-electron chi connectivity index (χ0n) is 17.0. The molecule has 164 valence electrons. The van der Waals surface area contributed by atoms with Crippen molar-refractivity contribution in [2.24, 2.45) is 0 Å². The summed E-state index contributed by atoms with van der Waals surface area (Å²) in [6.45, 7) is 0. The molecule has 0 fully saturated rings. The minimum atomic E-state index is -0.821. The number of carbonyl (C=O) groups is 2. The van der Waals surface area contributed by atoms with Crippen LogP contribution in [0.4, 0.5) is 16.2 Å². The van der Waals surface area contributed by atoms with E-state index in [0.29, 0.717) is 29.2 Å². The fourth-order valence-electron chi connectivity index (χ4n) is 3.07. The van der Waals surface area contributed by atoms with Gasteiger partial charge in [-0.3, -0.25) is 9.78 Å². The van der Waals surface area contributed by atoms with Crippen molar-refractivity contribution in [2.75, 3.05) is 10.6 Å². The third-order valence-electron chi connectivity index (χ3n) is 4.55. The lowest BCUT2D eigenvalue weighted by Gasteiger charge is -2.12. The number of hydrogen-bond acceptors (Lipinski definition) is 3. The number of nitrogens with zero attached hydrogens (tertiary/aromatic N) is 1. The molecule has 1 aromatic heterocycles. The topological polar surface area (TPSA) is 91.3 Å². The van der Waals surface area contributed by atoms with Crippen molar-refractivity contribution in [1.82, 2.24) is 4.98 Å². The molecule has 0 bridgehead atoms. The van der Waals surface area contributed by atoms with Crippen LogP contribution < -0.4 is 10.6 Å². The van der Waals surface area contributed by atoms with Gasteiger partial charge in [-0.2, -0.15) is 0 Å². The molecule has 0 atom stereocenters. The van der Waals surface area contributed by atoms with Crippen LogP contribution in [0, 0.1) is 0 Å². The van der Waals surface area contributed by atoms with Crippen LogP contribution in [0.2, 0.25) is 10.0 Å². The Balaban J connectivity index is 1.79. The number of hydrogen-bond donors (Lipinski definition) is 3. The highest BCUT2D eigenvalue weighted by molar-refractivity contribution is 6.44. The summed E-state index contributed by atoms with van der Waals surface area (Å²) in [6, 6.07) is 15.7. The number of halogens is 2. The molecule has 0 radical (unpaired) electrons. The average Bonchev–Trinajstić information content (AvgIpc) is 2.77. The summed E-state index contributed by atoms with van der Waals surface area (Å²) < 4.78 is 0. The number of pyridine rings is 1. The Labute approximate surface area is 195 Å². The first-order valence-corrected chi connectivity index (χ1v) is 10.6. The Morgan fingerprint density at radius 2 is 1.78 bits per heavy atom. The van der Waals surface area contributed by atoms with Crippen molar-refractivity contribution in [3.8, 4) is 0 Å². The predicted molar refractivity (Wildman–Crippen MR) is 128 cm³/mol. The van der Waals surface area contributed by atoms with E-state index in [0.717, 1.165) is 16.7 Å². The highest BCUT2D eigenvalue weighted by atomic mass is 35.5. The van der Waals surface area contributed by atoms with E-state index in [1.165, 1.54) is 0 Å². The maximum absolute atomic E-state index is 12.5. The molecule has 0 aliphatic carbocycles. The first-order valence-electron chi connectivity index (χ1n) is 9.89.